The Labute approximate surface area is 87.1 Å². The second kappa shape index (κ2) is 4.43. The van der Waals surface area contributed by atoms with Crippen LogP contribution in [0.5, 0.6) is 0 Å². The molecule has 0 bridgehead atoms. The van der Waals surface area contributed by atoms with Crippen LogP contribution in [-0.2, 0) is 10.4 Å². The van der Waals surface area contributed by atoms with Crippen LogP contribution in [0.25, 0.3) is 0 Å². The third-order valence-corrected chi connectivity index (χ3v) is 2.08. The molecule has 3 nitrogen and oxygen atoms in total. The summed E-state index contributed by atoms with van der Waals surface area (Å²) in [5, 5.41) is 8.14. The highest BCUT2D eigenvalue weighted by molar-refractivity contribution is 7.95. The summed E-state index contributed by atoms with van der Waals surface area (Å²) in [7, 11) is 0. The molecule has 1 aromatic rings. The van der Waals surface area contributed by atoms with Gasteiger partial charge in [-0.2, -0.15) is 13.2 Å². The largest absolute Gasteiger partial charge is 0.518 e. The van der Waals surface area contributed by atoms with Gasteiger partial charge in [-0.15, -0.1) is 0 Å². The zero-order valence-corrected chi connectivity index (χ0v) is 7.93. The topological polar surface area (TPSA) is 46.5 Å². The Morgan fingerprint density at radius 3 is 2.20 bits per heavy atom. The number of alkyl halides is 3. The van der Waals surface area contributed by atoms with Gasteiger partial charge >= 0.3 is 12.3 Å². The first-order valence-corrected chi connectivity index (χ1v) is 4.38. The molecule has 1 aromatic carbocycles. The number of rotatable bonds is 2. The van der Waals surface area contributed by atoms with E-state index in [1.807, 2.05) is 0 Å². The van der Waals surface area contributed by atoms with Crippen molar-refractivity contribution in [2.45, 2.75) is 11.1 Å². The van der Waals surface area contributed by atoms with Crippen molar-refractivity contribution in [1.82, 2.24) is 0 Å². The number of halogens is 3. The van der Waals surface area contributed by atoms with Gasteiger partial charge in [0.25, 0.3) is 0 Å². The van der Waals surface area contributed by atoms with Crippen molar-refractivity contribution in [3.8, 4) is 0 Å². The van der Waals surface area contributed by atoms with Gasteiger partial charge < -0.3 is 9.29 Å². The normalized spacial score (nSPS) is 11.1. The maximum Gasteiger partial charge on any atom is 0.518 e. The zero-order valence-electron chi connectivity index (χ0n) is 7.12. The molecule has 0 atom stereocenters. The highest BCUT2D eigenvalue weighted by Gasteiger charge is 2.29. The lowest BCUT2D eigenvalue weighted by molar-refractivity contribution is -0.137. The van der Waals surface area contributed by atoms with E-state index in [4.69, 9.17) is 5.11 Å². The second-order valence-corrected chi connectivity index (χ2v) is 3.26. The maximum absolute atomic E-state index is 12.1. The average molecular weight is 238 g/mol. The fourth-order valence-corrected chi connectivity index (χ4v) is 1.20. The van der Waals surface area contributed by atoms with Gasteiger partial charge in [-0.25, -0.2) is 4.79 Å². The minimum absolute atomic E-state index is 0.283. The monoisotopic (exact) mass is 238 g/mol. The lowest BCUT2D eigenvalue weighted by atomic mass is 10.2. The average Bonchev–Trinajstić information content (AvgIpc) is 2.14. The van der Waals surface area contributed by atoms with Crippen LogP contribution in [0, 0.1) is 0 Å². The summed E-state index contributed by atoms with van der Waals surface area (Å²) in [6.45, 7) is 0. The molecule has 15 heavy (non-hydrogen) atoms. The van der Waals surface area contributed by atoms with Gasteiger partial charge in [0, 0.05) is 4.90 Å². The minimum Gasteiger partial charge on any atom is -0.449 e. The van der Waals surface area contributed by atoms with Crippen molar-refractivity contribution in [3.63, 3.8) is 0 Å². The van der Waals surface area contributed by atoms with Gasteiger partial charge in [-0.1, -0.05) is 0 Å². The Morgan fingerprint density at radius 2 is 1.80 bits per heavy atom. The molecule has 0 aliphatic heterocycles. The smallest absolute Gasteiger partial charge is 0.449 e. The van der Waals surface area contributed by atoms with Crippen LogP contribution in [-0.4, -0.2) is 11.3 Å². The molecule has 0 heterocycles. The van der Waals surface area contributed by atoms with Gasteiger partial charge in [0.15, 0.2) is 0 Å². The van der Waals surface area contributed by atoms with Gasteiger partial charge in [0.2, 0.25) is 0 Å². The van der Waals surface area contributed by atoms with Crippen molar-refractivity contribution < 1.29 is 27.3 Å². The van der Waals surface area contributed by atoms with Crippen LogP contribution in [0.3, 0.4) is 0 Å². The van der Waals surface area contributed by atoms with Gasteiger partial charge in [-0.3, -0.25) is 0 Å². The molecule has 0 saturated carbocycles. The molecule has 1 N–H and O–H groups in total. The molecule has 0 aliphatic carbocycles. The van der Waals surface area contributed by atoms with Crippen molar-refractivity contribution in [3.05, 3.63) is 29.8 Å². The summed E-state index contributed by atoms with van der Waals surface area (Å²) in [4.78, 5) is 10.3. The summed E-state index contributed by atoms with van der Waals surface area (Å²) in [6, 6.07) is 3.98. The van der Waals surface area contributed by atoms with Crippen molar-refractivity contribution in [2.75, 3.05) is 0 Å². The summed E-state index contributed by atoms with van der Waals surface area (Å²) in [6.07, 6.45) is -5.89. The van der Waals surface area contributed by atoms with Gasteiger partial charge in [0.05, 0.1) is 17.6 Å². The number of benzene rings is 1. The molecule has 0 aromatic heterocycles. The Hall–Kier alpha value is -1.37. The van der Waals surface area contributed by atoms with E-state index in [1.54, 1.807) is 0 Å². The van der Waals surface area contributed by atoms with Crippen LogP contribution in [0.15, 0.2) is 29.2 Å². The highest BCUT2D eigenvalue weighted by atomic mass is 32.2. The van der Waals surface area contributed by atoms with Crippen LogP contribution in [0.1, 0.15) is 5.56 Å². The summed E-state index contributed by atoms with van der Waals surface area (Å²) in [5.74, 6) is 0. The predicted octanol–water partition coefficient (Wildman–Crippen LogP) is 3.41. The van der Waals surface area contributed by atoms with E-state index in [-0.39, 0.29) is 4.90 Å². The van der Waals surface area contributed by atoms with Crippen molar-refractivity contribution in [1.29, 1.82) is 0 Å². The molecular formula is C8H5F3O3S. The summed E-state index contributed by atoms with van der Waals surface area (Å²) in [5.41, 5.74) is -0.790. The van der Waals surface area contributed by atoms with Crippen molar-refractivity contribution >= 4 is 18.2 Å². The Kier molecular flexibility index (Phi) is 3.46. The Morgan fingerprint density at radius 1 is 1.27 bits per heavy atom. The third-order valence-electron chi connectivity index (χ3n) is 1.39. The van der Waals surface area contributed by atoms with Crippen LogP contribution in [0.2, 0.25) is 0 Å². The number of hydrogen-bond acceptors (Lipinski definition) is 3. The first-order valence-electron chi connectivity index (χ1n) is 3.64. The lowest BCUT2D eigenvalue weighted by Crippen LogP contribution is -2.04. The van der Waals surface area contributed by atoms with E-state index >= 15 is 0 Å². The van der Waals surface area contributed by atoms with Crippen LogP contribution >= 0.6 is 12.0 Å². The lowest BCUT2D eigenvalue weighted by Gasteiger charge is -2.06. The molecule has 0 spiro atoms. The van der Waals surface area contributed by atoms with Crippen LogP contribution in [0.4, 0.5) is 18.0 Å². The third kappa shape index (κ3) is 3.70. The van der Waals surface area contributed by atoms with E-state index in [2.05, 4.69) is 4.18 Å². The van der Waals surface area contributed by atoms with E-state index in [0.29, 0.717) is 12.0 Å². The second-order valence-electron chi connectivity index (χ2n) is 2.45. The highest BCUT2D eigenvalue weighted by Crippen LogP contribution is 2.30. The SMILES string of the molecule is O=C(O)OSc1ccc(C(F)(F)F)cc1. The van der Waals surface area contributed by atoms with E-state index in [0.717, 1.165) is 24.3 Å². The molecule has 7 heteroatoms. The van der Waals surface area contributed by atoms with Gasteiger partial charge in [-0.05, 0) is 24.3 Å². The zero-order chi connectivity index (χ0) is 11.5. The van der Waals surface area contributed by atoms with Gasteiger partial charge in [0.1, 0.15) is 0 Å². The quantitative estimate of drug-likeness (QED) is 0.802. The van der Waals surface area contributed by atoms with Crippen LogP contribution < -0.4 is 0 Å². The number of carbonyl (C=O) groups is 1. The van der Waals surface area contributed by atoms with E-state index in [9.17, 15) is 18.0 Å². The fourth-order valence-electron chi connectivity index (χ4n) is 0.783. The molecule has 0 fully saturated rings. The molecule has 0 amide bonds. The number of carboxylic acid groups (broad SMARTS) is 1. The molecule has 0 saturated heterocycles. The van der Waals surface area contributed by atoms with E-state index < -0.39 is 17.9 Å². The first-order chi connectivity index (χ1) is 6.89. The Bertz CT molecular complexity index is 347. The maximum atomic E-state index is 12.1. The predicted molar refractivity (Wildman–Crippen MR) is 46.4 cm³/mol. The molecule has 0 unspecified atom stereocenters. The molecule has 0 aliphatic rings. The summed E-state index contributed by atoms with van der Waals surface area (Å²) < 4.78 is 40.4. The molecule has 0 radical (unpaired) electrons. The fraction of sp³-hybridized carbons (Fsp3) is 0.125. The summed E-state index contributed by atoms with van der Waals surface area (Å²) >= 11 is 0.481. The first kappa shape index (κ1) is 11.7. The number of hydrogen-bond donors (Lipinski definition) is 1. The minimum atomic E-state index is -4.39. The molecular weight excluding hydrogens is 233 g/mol. The van der Waals surface area contributed by atoms with E-state index in [1.165, 1.54) is 0 Å². The molecule has 1 rings (SSSR count). The van der Waals surface area contributed by atoms with Crippen molar-refractivity contribution in [2.24, 2.45) is 0 Å². The molecule has 82 valence electrons. The Balaban J connectivity index is 2.69. The standard InChI is InChI=1S/C8H5F3O3S/c9-8(10,11)5-1-3-6(4-2-5)15-14-7(12)13/h1-4H,(H,12,13).